The molecule has 0 spiro atoms. The lowest BCUT2D eigenvalue weighted by Gasteiger charge is -2.21. The Hall–Kier alpha value is -0.770. The number of rotatable bonds is 4. The standard InChI is InChI=1S/C10H18N2O2/c1-2-3-7-14-12-9-5-4-6-11(8-9)10(12)13/h9H,2-8H2,1H3/t9-/m0/s1. The molecule has 0 N–H and O–H groups in total. The summed E-state index contributed by atoms with van der Waals surface area (Å²) in [5.41, 5.74) is 0. The molecule has 14 heavy (non-hydrogen) atoms. The highest BCUT2D eigenvalue weighted by atomic mass is 16.7. The van der Waals surface area contributed by atoms with E-state index in [0.29, 0.717) is 12.6 Å². The summed E-state index contributed by atoms with van der Waals surface area (Å²) in [4.78, 5) is 19.1. The second kappa shape index (κ2) is 4.17. The van der Waals surface area contributed by atoms with E-state index in [1.54, 1.807) is 5.06 Å². The van der Waals surface area contributed by atoms with Gasteiger partial charge < -0.3 is 4.90 Å². The van der Waals surface area contributed by atoms with Crippen molar-refractivity contribution in [1.82, 2.24) is 9.96 Å². The van der Waals surface area contributed by atoms with Crippen LogP contribution in [0, 0.1) is 0 Å². The Bertz CT molecular complexity index is 220. The molecule has 0 unspecified atom stereocenters. The molecule has 1 atom stereocenters. The first-order chi connectivity index (χ1) is 6.83. The summed E-state index contributed by atoms with van der Waals surface area (Å²) in [5, 5.41) is 1.60. The number of carbonyl (C=O) groups excluding carboxylic acids is 1. The normalized spacial score (nSPS) is 26.1. The first-order valence-corrected chi connectivity index (χ1v) is 5.54. The van der Waals surface area contributed by atoms with Crippen molar-refractivity contribution in [2.75, 3.05) is 19.7 Å². The molecule has 0 saturated carbocycles. The lowest BCUT2D eigenvalue weighted by molar-refractivity contribution is -0.130. The van der Waals surface area contributed by atoms with Crippen LogP contribution in [0.25, 0.3) is 0 Å². The Labute approximate surface area is 84.8 Å². The highest BCUT2D eigenvalue weighted by Gasteiger charge is 2.40. The molecule has 2 fully saturated rings. The molecular formula is C10H18N2O2. The summed E-state index contributed by atoms with van der Waals surface area (Å²) in [6.07, 6.45) is 4.34. The van der Waals surface area contributed by atoms with Gasteiger partial charge in [-0.05, 0) is 19.3 Å². The van der Waals surface area contributed by atoms with Crippen LogP contribution >= 0.6 is 0 Å². The van der Waals surface area contributed by atoms with Crippen molar-refractivity contribution in [3.63, 3.8) is 0 Å². The maximum Gasteiger partial charge on any atom is 0.344 e. The number of hydrogen-bond acceptors (Lipinski definition) is 2. The number of hydroxylamine groups is 2. The van der Waals surface area contributed by atoms with Gasteiger partial charge in [0.25, 0.3) is 0 Å². The molecule has 80 valence electrons. The van der Waals surface area contributed by atoms with E-state index in [2.05, 4.69) is 6.92 Å². The molecule has 4 heteroatoms. The third-order valence-corrected chi connectivity index (χ3v) is 2.92. The molecule has 0 aromatic carbocycles. The lowest BCUT2D eigenvalue weighted by atomic mass is 10.1. The molecule has 2 bridgehead atoms. The van der Waals surface area contributed by atoms with E-state index in [1.807, 2.05) is 4.90 Å². The largest absolute Gasteiger partial charge is 0.344 e. The molecular weight excluding hydrogens is 180 g/mol. The van der Waals surface area contributed by atoms with Gasteiger partial charge in [-0.25, -0.2) is 4.79 Å². The number of urea groups is 1. The molecule has 0 radical (unpaired) electrons. The molecule has 2 heterocycles. The van der Waals surface area contributed by atoms with Crippen molar-refractivity contribution in [1.29, 1.82) is 0 Å². The Morgan fingerprint density at radius 3 is 3.14 bits per heavy atom. The van der Waals surface area contributed by atoms with E-state index in [4.69, 9.17) is 4.84 Å². The number of carbonyl (C=O) groups is 1. The Kier molecular flexibility index (Phi) is 2.91. The smallest absolute Gasteiger partial charge is 0.321 e. The summed E-state index contributed by atoms with van der Waals surface area (Å²) in [5.74, 6) is 0. The summed E-state index contributed by atoms with van der Waals surface area (Å²) in [6.45, 7) is 4.57. The zero-order valence-corrected chi connectivity index (χ0v) is 8.74. The van der Waals surface area contributed by atoms with Gasteiger partial charge in [-0.15, -0.1) is 0 Å². The quantitative estimate of drug-likeness (QED) is 0.643. The third-order valence-electron chi connectivity index (χ3n) is 2.92. The SMILES string of the molecule is CCCCON1C(=O)N2CCC[C@H]1C2. The number of unbranched alkanes of at least 4 members (excludes halogenated alkanes) is 1. The van der Waals surface area contributed by atoms with E-state index in [9.17, 15) is 4.79 Å². The molecule has 2 aliphatic heterocycles. The second-order valence-corrected chi connectivity index (χ2v) is 4.04. The first kappa shape index (κ1) is 9.77. The zero-order chi connectivity index (χ0) is 9.97. The maximum absolute atomic E-state index is 11.7. The van der Waals surface area contributed by atoms with Crippen molar-refractivity contribution in [2.24, 2.45) is 0 Å². The summed E-state index contributed by atoms with van der Waals surface area (Å²) < 4.78 is 0. The van der Waals surface area contributed by atoms with E-state index >= 15 is 0 Å². The van der Waals surface area contributed by atoms with Gasteiger partial charge in [-0.1, -0.05) is 13.3 Å². The van der Waals surface area contributed by atoms with Crippen LogP contribution in [0.15, 0.2) is 0 Å². The van der Waals surface area contributed by atoms with Gasteiger partial charge in [0.15, 0.2) is 0 Å². The zero-order valence-electron chi connectivity index (χ0n) is 8.74. The average Bonchev–Trinajstić information content (AvgIpc) is 2.42. The van der Waals surface area contributed by atoms with E-state index < -0.39 is 0 Å². The minimum Gasteiger partial charge on any atom is -0.321 e. The van der Waals surface area contributed by atoms with E-state index in [0.717, 1.165) is 38.8 Å². The van der Waals surface area contributed by atoms with Crippen LogP contribution in [0.4, 0.5) is 4.79 Å². The topological polar surface area (TPSA) is 32.8 Å². The lowest BCUT2D eigenvalue weighted by Crippen LogP contribution is -2.33. The molecule has 2 saturated heterocycles. The van der Waals surface area contributed by atoms with Gasteiger partial charge in [-0.3, -0.25) is 4.84 Å². The number of amides is 2. The first-order valence-electron chi connectivity index (χ1n) is 5.54. The molecule has 2 amide bonds. The Balaban J connectivity index is 1.88. The van der Waals surface area contributed by atoms with Gasteiger partial charge in [0.1, 0.15) is 0 Å². The van der Waals surface area contributed by atoms with Crippen LogP contribution in [0.5, 0.6) is 0 Å². The highest BCUT2D eigenvalue weighted by Crippen LogP contribution is 2.25. The van der Waals surface area contributed by atoms with Crippen LogP contribution < -0.4 is 0 Å². The molecule has 2 rings (SSSR count). The summed E-state index contributed by atoms with van der Waals surface area (Å²) in [7, 11) is 0. The summed E-state index contributed by atoms with van der Waals surface area (Å²) >= 11 is 0. The van der Waals surface area contributed by atoms with E-state index in [-0.39, 0.29) is 6.03 Å². The molecule has 0 aromatic heterocycles. The predicted octanol–water partition coefficient (Wildman–Crippen LogP) is 1.62. The Morgan fingerprint density at radius 1 is 1.57 bits per heavy atom. The van der Waals surface area contributed by atoms with Crippen LogP contribution in [-0.4, -0.2) is 41.7 Å². The van der Waals surface area contributed by atoms with Crippen molar-refractivity contribution < 1.29 is 9.63 Å². The van der Waals surface area contributed by atoms with Crippen molar-refractivity contribution in [2.45, 2.75) is 38.6 Å². The van der Waals surface area contributed by atoms with Gasteiger partial charge in [0.2, 0.25) is 0 Å². The molecule has 0 aliphatic carbocycles. The third kappa shape index (κ3) is 1.71. The highest BCUT2D eigenvalue weighted by molar-refractivity contribution is 5.76. The van der Waals surface area contributed by atoms with Crippen LogP contribution in [0.3, 0.4) is 0 Å². The maximum atomic E-state index is 11.7. The minimum absolute atomic E-state index is 0.0728. The average molecular weight is 198 g/mol. The monoisotopic (exact) mass is 198 g/mol. The number of nitrogens with zero attached hydrogens (tertiary/aromatic N) is 2. The fourth-order valence-corrected chi connectivity index (χ4v) is 2.08. The van der Waals surface area contributed by atoms with Crippen molar-refractivity contribution in [3.05, 3.63) is 0 Å². The molecule has 2 aliphatic rings. The van der Waals surface area contributed by atoms with Crippen LogP contribution in [0.2, 0.25) is 0 Å². The molecule has 4 nitrogen and oxygen atoms in total. The van der Waals surface area contributed by atoms with Crippen molar-refractivity contribution in [3.8, 4) is 0 Å². The van der Waals surface area contributed by atoms with Crippen LogP contribution in [-0.2, 0) is 4.84 Å². The minimum atomic E-state index is 0.0728. The fourth-order valence-electron chi connectivity index (χ4n) is 2.08. The van der Waals surface area contributed by atoms with E-state index in [1.165, 1.54) is 0 Å². The summed E-state index contributed by atoms with van der Waals surface area (Å²) in [6, 6.07) is 0.386. The predicted molar refractivity (Wildman–Crippen MR) is 52.7 cm³/mol. The Morgan fingerprint density at radius 2 is 2.43 bits per heavy atom. The van der Waals surface area contributed by atoms with Crippen molar-refractivity contribution >= 4 is 6.03 Å². The number of fused-ring (bicyclic) bond motifs is 2. The number of piperidine rings is 1. The van der Waals surface area contributed by atoms with Crippen LogP contribution in [0.1, 0.15) is 32.6 Å². The second-order valence-electron chi connectivity index (χ2n) is 4.04. The van der Waals surface area contributed by atoms with Gasteiger partial charge >= 0.3 is 6.03 Å². The number of hydrogen-bond donors (Lipinski definition) is 0. The van der Waals surface area contributed by atoms with Gasteiger partial charge in [0, 0.05) is 13.1 Å². The van der Waals surface area contributed by atoms with Gasteiger partial charge in [0.05, 0.1) is 12.6 Å². The molecule has 0 aromatic rings. The fraction of sp³-hybridized carbons (Fsp3) is 0.900. The van der Waals surface area contributed by atoms with Gasteiger partial charge in [-0.2, -0.15) is 5.06 Å².